The van der Waals surface area contributed by atoms with Crippen molar-refractivity contribution in [3.05, 3.63) is 0 Å². The monoisotopic (exact) mass is 331 g/mol. The maximum absolute atomic E-state index is 11.8. The van der Waals surface area contributed by atoms with Crippen molar-refractivity contribution in [3.63, 3.8) is 0 Å². The van der Waals surface area contributed by atoms with Crippen LogP contribution >= 0.6 is 0 Å². The highest BCUT2D eigenvalue weighted by Gasteiger charge is 2.20. The number of rotatable bonds is 6. The van der Waals surface area contributed by atoms with Gasteiger partial charge < -0.3 is 24.6 Å². The number of carbonyl (C=O) groups is 2. The van der Waals surface area contributed by atoms with Crippen LogP contribution in [0.25, 0.3) is 0 Å². The summed E-state index contributed by atoms with van der Waals surface area (Å²) in [5, 5.41) is 3.18. The zero-order valence-corrected chi connectivity index (χ0v) is 15.9. The molecule has 0 aromatic rings. The van der Waals surface area contributed by atoms with E-state index >= 15 is 0 Å². The second-order valence-corrected chi connectivity index (χ2v) is 7.55. The number of carbonyl (C=O) groups excluding carboxylic acids is 2. The van der Waals surface area contributed by atoms with E-state index in [-0.39, 0.29) is 12.2 Å². The minimum absolute atomic E-state index is 0.342. The first-order valence-corrected chi connectivity index (χ1v) is 7.91. The van der Waals surface area contributed by atoms with Crippen molar-refractivity contribution in [2.45, 2.75) is 52.7 Å². The highest BCUT2D eigenvalue weighted by Crippen LogP contribution is 2.09. The zero-order chi connectivity index (χ0) is 18.3. The second kappa shape index (κ2) is 8.96. The second-order valence-electron chi connectivity index (χ2n) is 7.55. The lowest BCUT2D eigenvalue weighted by Crippen LogP contribution is -2.41. The van der Waals surface area contributed by atoms with E-state index in [1.54, 1.807) is 14.1 Å². The van der Waals surface area contributed by atoms with Crippen molar-refractivity contribution in [2.24, 2.45) is 0 Å². The molecule has 0 aromatic heterocycles. The first kappa shape index (κ1) is 21.5. The van der Waals surface area contributed by atoms with Gasteiger partial charge in [-0.25, -0.2) is 9.59 Å². The Balaban J connectivity index is 3.88. The minimum Gasteiger partial charge on any atom is -0.444 e. The van der Waals surface area contributed by atoms with Gasteiger partial charge in [-0.2, -0.15) is 0 Å². The summed E-state index contributed by atoms with van der Waals surface area (Å²) in [6, 6.07) is 0. The van der Waals surface area contributed by atoms with E-state index in [2.05, 4.69) is 5.32 Å². The van der Waals surface area contributed by atoms with Gasteiger partial charge in [0.1, 0.15) is 11.2 Å². The van der Waals surface area contributed by atoms with Gasteiger partial charge in [0.2, 0.25) is 0 Å². The lowest BCUT2D eigenvalue weighted by molar-refractivity contribution is 0.0300. The molecule has 0 aromatic carbocycles. The molecule has 7 nitrogen and oxygen atoms in total. The molecule has 7 heteroatoms. The Labute approximate surface area is 140 Å². The standard InChI is InChI=1S/C16H33N3O4/c1-15(2,3)22-13(20)18(7)11-9-17-10-12-19(8)14(21)23-16(4,5)6/h17H,9-12H2,1-8H3. The lowest BCUT2D eigenvalue weighted by atomic mass is 10.2. The number of hydrogen-bond donors (Lipinski definition) is 1. The lowest BCUT2D eigenvalue weighted by Gasteiger charge is -2.25. The van der Waals surface area contributed by atoms with Crippen molar-refractivity contribution in [1.82, 2.24) is 15.1 Å². The van der Waals surface area contributed by atoms with E-state index in [4.69, 9.17) is 9.47 Å². The molecule has 0 heterocycles. The molecule has 0 fully saturated rings. The fourth-order valence-electron chi connectivity index (χ4n) is 1.48. The fraction of sp³-hybridized carbons (Fsp3) is 0.875. The van der Waals surface area contributed by atoms with E-state index in [0.717, 1.165) is 0 Å². The predicted molar refractivity (Wildman–Crippen MR) is 90.6 cm³/mol. The van der Waals surface area contributed by atoms with Gasteiger partial charge in [0.15, 0.2) is 0 Å². The number of nitrogens with zero attached hydrogens (tertiary/aromatic N) is 2. The molecule has 0 saturated carbocycles. The number of ether oxygens (including phenoxy) is 2. The Morgan fingerprint density at radius 3 is 1.35 bits per heavy atom. The molecule has 0 aliphatic carbocycles. The van der Waals surface area contributed by atoms with Crippen LogP contribution in [0, 0.1) is 0 Å². The third-order valence-electron chi connectivity index (χ3n) is 2.66. The van der Waals surface area contributed by atoms with Gasteiger partial charge in [0.05, 0.1) is 0 Å². The number of amides is 2. The third kappa shape index (κ3) is 11.7. The van der Waals surface area contributed by atoms with Crippen LogP contribution in [-0.2, 0) is 9.47 Å². The molecule has 1 N–H and O–H groups in total. The van der Waals surface area contributed by atoms with Gasteiger partial charge in [0, 0.05) is 40.3 Å². The molecular formula is C16H33N3O4. The molecule has 2 amide bonds. The molecule has 0 aliphatic heterocycles. The number of likely N-dealkylation sites (N-methyl/N-ethyl adjacent to an activating group) is 2. The SMILES string of the molecule is CN(CCNCCN(C)C(=O)OC(C)(C)C)C(=O)OC(C)(C)C. The highest BCUT2D eigenvalue weighted by atomic mass is 16.6. The summed E-state index contributed by atoms with van der Waals surface area (Å²) in [7, 11) is 3.39. The molecule has 0 spiro atoms. The van der Waals surface area contributed by atoms with Gasteiger partial charge in [-0.05, 0) is 41.5 Å². The van der Waals surface area contributed by atoms with E-state index in [1.807, 2.05) is 41.5 Å². The first-order valence-electron chi connectivity index (χ1n) is 7.91. The topological polar surface area (TPSA) is 71.1 Å². The predicted octanol–water partition coefficient (Wildman–Crippen LogP) is 2.31. The summed E-state index contributed by atoms with van der Waals surface area (Å²) in [6.45, 7) is 13.3. The molecule has 0 atom stereocenters. The molecular weight excluding hydrogens is 298 g/mol. The van der Waals surface area contributed by atoms with Crippen LogP contribution < -0.4 is 5.32 Å². The van der Waals surface area contributed by atoms with Crippen LogP contribution in [-0.4, -0.2) is 73.5 Å². The molecule has 0 radical (unpaired) electrons. The van der Waals surface area contributed by atoms with Gasteiger partial charge >= 0.3 is 12.2 Å². The number of hydrogen-bond acceptors (Lipinski definition) is 5. The van der Waals surface area contributed by atoms with Crippen LogP contribution in [0.3, 0.4) is 0 Å². The molecule has 0 saturated heterocycles. The Morgan fingerprint density at radius 2 is 1.09 bits per heavy atom. The molecule has 0 rings (SSSR count). The molecule has 0 bridgehead atoms. The van der Waals surface area contributed by atoms with E-state index in [9.17, 15) is 9.59 Å². The van der Waals surface area contributed by atoms with Gasteiger partial charge in [-0.15, -0.1) is 0 Å². The normalized spacial score (nSPS) is 11.8. The highest BCUT2D eigenvalue weighted by molar-refractivity contribution is 5.68. The van der Waals surface area contributed by atoms with Crippen molar-refractivity contribution < 1.29 is 19.1 Å². The third-order valence-corrected chi connectivity index (χ3v) is 2.66. The Morgan fingerprint density at radius 1 is 0.783 bits per heavy atom. The zero-order valence-electron chi connectivity index (χ0n) is 15.9. The maximum Gasteiger partial charge on any atom is 0.410 e. The fourth-order valence-corrected chi connectivity index (χ4v) is 1.48. The van der Waals surface area contributed by atoms with Gasteiger partial charge in [-0.1, -0.05) is 0 Å². The largest absolute Gasteiger partial charge is 0.444 e. The van der Waals surface area contributed by atoms with Crippen LogP contribution in [0.15, 0.2) is 0 Å². The average molecular weight is 331 g/mol. The van der Waals surface area contributed by atoms with E-state index < -0.39 is 11.2 Å². The number of nitrogens with one attached hydrogen (secondary N) is 1. The van der Waals surface area contributed by atoms with Gasteiger partial charge in [0.25, 0.3) is 0 Å². The smallest absolute Gasteiger partial charge is 0.410 e. The quantitative estimate of drug-likeness (QED) is 0.756. The molecule has 23 heavy (non-hydrogen) atoms. The van der Waals surface area contributed by atoms with Crippen molar-refractivity contribution in [1.29, 1.82) is 0 Å². The Hall–Kier alpha value is -1.50. The summed E-state index contributed by atoms with van der Waals surface area (Å²) in [5.74, 6) is 0. The summed E-state index contributed by atoms with van der Waals surface area (Å²) >= 11 is 0. The van der Waals surface area contributed by atoms with Crippen LogP contribution in [0.5, 0.6) is 0 Å². The van der Waals surface area contributed by atoms with Gasteiger partial charge in [-0.3, -0.25) is 0 Å². The Kier molecular flexibility index (Phi) is 8.37. The Bertz CT molecular complexity index is 350. The molecule has 0 aliphatic rings. The van der Waals surface area contributed by atoms with Crippen LogP contribution in [0.2, 0.25) is 0 Å². The summed E-state index contributed by atoms with van der Waals surface area (Å²) in [5.41, 5.74) is -0.982. The van der Waals surface area contributed by atoms with Crippen molar-refractivity contribution in [2.75, 3.05) is 40.3 Å². The van der Waals surface area contributed by atoms with Crippen molar-refractivity contribution in [3.8, 4) is 0 Å². The summed E-state index contributed by atoms with van der Waals surface area (Å²) in [6.07, 6.45) is -0.685. The van der Waals surface area contributed by atoms with Crippen LogP contribution in [0.4, 0.5) is 9.59 Å². The minimum atomic E-state index is -0.491. The van der Waals surface area contributed by atoms with E-state index in [0.29, 0.717) is 26.2 Å². The first-order chi connectivity index (χ1) is 10.3. The molecule has 0 unspecified atom stereocenters. The average Bonchev–Trinajstić information content (AvgIpc) is 2.33. The van der Waals surface area contributed by atoms with Crippen molar-refractivity contribution >= 4 is 12.2 Å². The summed E-state index contributed by atoms with van der Waals surface area (Å²) < 4.78 is 10.5. The summed E-state index contributed by atoms with van der Waals surface area (Å²) in [4.78, 5) is 26.6. The van der Waals surface area contributed by atoms with E-state index in [1.165, 1.54) is 9.80 Å². The van der Waals surface area contributed by atoms with Crippen LogP contribution in [0.1, 0.15) is 41.5 Å². The maximum atomic E-state index is 11.8. The molecule has 136 valence electrons.